The average molecular weight is 331 g/mol. The number of ether oxygens (including phenoxy) is 3. The van der Waals surface area contributed by atoms with Crippen LogP contribution in [0.1, 0.15) is 19.8 Å². The van der Waals surface area contributed by atoms with Gasteiger partial charge in [-0.25, -0.2) is 4.79 Å². The van der Waals surface area contributed by atoms with Gasteiger partial charge in [-0.05, 0) is 6.92 Å². The number of esters is 3. The molecule has 0 rings (SSSR count). The zero-order valence-electron chi connectivity index (χ0n) is 13.5. The zero-order chi connectivity index (χ0) is 17.5. The Labute approximate surface area is 136 Å². The molecule has 8 heteroatoms. The Morgan fingerprint density at radius 2 is 1.57 bits per heavy atom. The molecule has 0 aromatic heterocycles. The smallest absolute Gasteiger partial charge is 0.330 e. The molecule has 0 amide bonds. The van der Waals surface area contributed by atoms with Crippen molar-refractivity contribution in [1.29, 1.82) is 0 Å². The third kappa shape index (κ3) is 12.3. The highest BCUT2D eigenvalue weighted by Gasteiger charge is 2.11. The Balaban J connectivity index is 3.91. The largest absolute Gasteiger partial charge is 0.466 e. The summed E-state index contributed by atoms with van der Waals surface area (Å²) in [5, 5.41) is 8.99. The molecule has 0 aliphatic rings. The quantitative estimate of drug-likeness (QED) is 0.216. The molecule has 8 nitrogen and oxygen atoms in total. The van der Waals surface area contributed by atoms with E-state index in [4.69, 9.17) is 14.6 Å². The van der Waals surface area contributed by atoms with Gasteiger partial charge >= 0.3 is 17.9 Å². The Bertz CT molecular complexity index is 384. The molecule has 0 fully saturated rings. The Morgan fingerprint density at radius 3 is 2.09 bits per heavy atom. The van der Waals surface area contributed by atoms with Gasteiger partial charge in [0, 0.05) is 25.7 Å². The molecule has 0 radical (unpaired) electrons. The van der Waals surface area contributed by atoms with Crippen LogP contribution in [0.4, 0.5) is 0 Å². The third-order valence-electron chi connectivity index (χ3n) is 2.74. The molecule has 0 saturated carbocycles. The maximum atomic E-state index is 11.5. The first-order chi connectivity index (χ1) is 11.0. The summed E-state index contributed by atoms with van der Waals surface area (Å²) in [6, 6.07) is 0. The Morgan fingerprint density at radius 1 is 1.00 bits per heavy atom. The number of carbonyl (C=O) groups excluding carboxylic acids is 3. The minimum atomic E-state index is -0.575. The van der Waals surface area contributed by atoms with Crippen molar-refractivity contribution in [2.24, 2.45) is 0 Å². The summed E-state index contributed by atoms with van der Waals surface area (Å²) < 4.78 is 14.4. The van der Waals surface area contributed by atoms with Gasteiger partial charge in [0.05, 0.1) is 26.1 Å². The first-order valence-electron chi connectivity index (χ1n) is 7.47. The fourth-order valence-electron chi connectivity index (χ4n) is 1.64. The highest BCUT2D eigenvalue weighted by atomic mass is 16.6. The molecule has 0 aliphatic carbocycles. The van der Waals surface area contributed by atoms with Crippen molar-refractivity contribution in [1.82, 2.24) is 4.90 Å². The summed E-state index contributed by atoms with van der Waals surface area (Å²) in [5.41, 5.74) is 0. The maximum Gasteiger partial charge on any atom is 0.330 e. The number of aliphatic hydroxyl groups excluding tert-OH is 1. The van der Waals surface area contributed by atoms with Gasteiger partial charge in [0.25, 0.3) is 0 Å². The lowest BCUT2D eigenvalue weighted by molar-refractivity contribution is -0.150. The van der Waals surface area contributed by atoms with Crippen LogP contribution < -0.4 is 0 Å². The van der Waals surface area contributed by atoms with Gasteiger partial charge in [0.1, 0.15) is 13.2 Å². The lowest BCUT2D eigenvalue weighted by Crippen LogP contribution is -2.32. The van der Waals surface area contributed by atoms with Crippen molar-refractivity contribution < 1.29 is 33.7 Å². The zero-order valence-corrected chi connectivity index (χ0v) is 13.5. The molecule has 0 aromatic rings. The molecule has 132 valence electrons. The monoisotopic (exact) mass is 331 g/mol. The molecule has 0 unspecified atom stereocenters. The minimum Gasteiger partial charge on any atom is -0.466 e. The average Bonchev–Trinajstić information content (AvgIpc) is 2.54. The van der Waals surface area contributed by atoms with Crippen LogP contribution >= 0.6 is 0 Å². The number of carbonyl (C=O) groups is 3. The van der Waals surface area contributed by atoms with E-state index in [0.717, 1.165) is 6.08 Å². The molecule has 0 heterocycles. The summed E-state index contributed by atoms with van der Waals surface area (Å²) in [6.07, 6.45) is 1.33. The van der Waals surface area contributed by atoms with E-state index in [2.05, 4.69) is 11.3 Å². The summed E-state index contributed by atoms with van der Waals surface area (Å²) in [6.45, 7) is 6.26. The van der Waals surface area contributed by atoms with Crippen molar-refractivity contribution in [2.45, 2.75) is 19.8 Å². The lowest BCUT2D eigenvalue weighted by atomic mass is 10.3. The van der Waals surface area contributed by atoms with E-state index in [1.54, 1.807) is 11.8 Å². The molecule has 23 heavy (non-hydrogen) atoms. The van der Waals surface area contributed by atoms with E-state index >= 15 is 0 Å². The van der Waals surface area contributed by atoms with Crippen molar-refractivity contribution in [3.05, 3.63) is 12.7 Å². The Kier molecular flexibility index (Phi) is 12.6. The van der Waals surface area contributed by atoms with Gasteiger partial charge in [0.2, 0.25) is 0 Å². The van der Waals surface area contributed by atoms with E-state index in [1.165, 1.54) is 0 Å². The summed E-state index contributed by atoms with van der Waals surface area (Å²) in [4.78, 5) is 35.4. The van der Waals surface area contributed by atoms with Crippen LogP contribution in [0, 0.1) is 0 Å². The molecule has 0 bridgehead atoms. The highest BCUT2D eigenvalue weighted by Crippen LogP contribution is 1.98. The van der Waals surface area contributed by atoms with Gasteiger partial charge in [-0.2, -0.15) is 0 Å². The normalized spacial score (nSPS) is 10.2. The number of hydrogen-bond donors (Lipinski definition) is 1. The Hall–Kier alpha value is -1.93. The first kappa shape index (κ1) is 21.1. The van der Waals surface area contributed by atoms with Crippen molar-refractivity contribution in [3.63, 3.8) is 0 Å². The summed E-state index contributed by atoms with van der Waals surface area (Å²) in [7, 11) is 0. The van der Waals surface area contributed by atoms with Crippen LogP contribution in [-0.4, -0.2) is 74.0 Å². The predicted molar refractivity (Wildman–Crippen MR) is 81.5 cm³/mol. The number of nitrogens with zero attached hydrogens (tertiary/aromatic N) is 1. The fourth-order valence-corrected chi connectivity index (χ4v) is 1.64. The van der Waals surface area contributed by atoms with Crippen LogP contribution in [0.3, 0.4) is 0 Å². The highest BCUT2D eigenvalue weighted by molar-refractivity contribution is 5.81. The number of hydrogen-bond acceptors (Lipinski definition) is 8. The van der Waals surface area contributed by atoms with Crippen molar-refractivity contribution in [3.8, 4) is 0 Å². The van der Waals surface area contributed by atoms with Crippen molar-refractivity contribution in [2.75, 3.05) is 46.1 Å². The maximum absolute atomic E-state index is 11.5. The van der Waals surface area contributed by atoms with E-state index in [-0.39, 0.29) is 38.6 Å². The SMILES string of the molecule is C=CC(=O)OCCOC(=O)CCN(CCO)CCC(=O)OCC. The molecule has 0 saturated heterocycles. The van der Waals surface area contributed by atoms with Gasteiger partial charge in [0.15, 0.2) is 0 Å². The molecular formula is C15H25NO7. The van der Waals surface area contributed by atoms with Crippen LogP contribution in [0.2, 0.25) is 0 Å². The topological polar surface area (TPSA) is 102 Å². The molecule has 0 spiro atoms. The molecule has 0 aliphatic heterocycles. The van der Waals surface area contributed by atoms with E-state index < -0.39 is 11.9 Å². The third-order valence-corrected chi connectivity index (χ3v) is 2.74. The lowest BCUT2D eigenvalue weighted by Gasteiger charge is -2.20. The predicted octanol–water partition coefficient (Wildman–Crippen LogP) is -0.104. The van der Waals surface area contributed by atoms with E-state index in [1.807, 2.05) is 0 Å². The van der Waals surface area contributed by atoms with Gasteiger partial charge in [-0.3, -0.25) is 14.5 Å². The second kappa shape index (κ2) is 13.7. The van der Waals surface area contributed by atoms with Crippen LogP contribution in [0.25, 0.3) is 0 Å². The van der Waals surface area contributed by atoms with E-state index in [9.17, 15) is 14.4 Å². The van der Waals surface area contributed by atoms with Gasteiger partial charge in [-0.1, -0.05) is 6.58 Å². The van der Waals surface area contributed by atoms with Crippen molar-refractivity contribution >= 4 is 17.9 Å². The number of aliphatic hydroxyl groups is 1. The fraction of sp³-hybridized carbons (Fsp3) is 0.667. The molecule has 0 aromatic carbocycles. The molecular weight excluding hydrogens is 306 g/mol. The van der Waals surface area contributed by atoms with Gasteiger partial charge < -0.3 is 19.3 Å². The molecule has 1 N–H and O–H groups in total. The minimum absolute atomic E-state index is 0.0265. The van der Waals surface area contributed by atoms with E-state index in [0.29, 0.717) is 26.2 Å². The summed E-state index contributed by atoms with van der Waals surface area (Å²) in [5.74, 6) is -1.34. The first-order valence-corrected chi connectivity index (χ1v) is 7.47. The summed E-state index contributed by atoms with van der Waals surface area (Å²) >= 11 is 0. The molecule has 0 atom stereocenters. The van der Waals surface area contributed by atoms with Gasteiger partial charge in [-0.15, -0.1) is 0 Å². The van der Waals surface area contributed by atoms with Crippen LogP contribution in [-0.2, 0) is 28.6 Å². The second-order valence-corrected chi connectivity index (χ2v) is 4.46. The van der Waals surface area contributed by atoms with Crippen LogP contribution in [0.5, 0.6) is 0 Å². The number of rotatable bonds is 13. The second-order valence-electron chi connectivity index (χ2n) is 4.46. The standard InChI is InChI=1S/C15H25NO7/c1-3-13(18)22-11-12-23-15(20)6-8-16(9-10-17)7-5-14(19)21-4-2/h3,17H,1,4-12H2,2H3. The van der Waals surface area contributed by atoms with Crippen LogP contribution in [0.15, 0.2) is 12.7 Å².